The molecule has 2 nitrogen and oxygen atoms in total. The van der Waals surface area contributed by atoms with Crippen LogP contribution in [0, 0.1) is 0 Å². The number of hydrogen-bond acceptors (Lipinski definition) is 2. The zero-order valence-electron chi connectivity index (χ0n) is 12.4. The van der Waals surface area contributed by atoms with E-state index in [1.807, 2.05) is 36.4 Å². The Bertz CT molecular complexity index is 624. The van der Waals surface area contributed by atoms with Crippen LogP contribution in [0.5, 0.6) is 0 Å². The van der Waals surface area contributed by atoms with Gasteiger partial charge in [-0.3, -0.25) is 0 Å². The molecule has 0 aliphatic carbocycles. The molecule has 2 heteroatoms. The SMILES string of the molecule is C(=Cc1ccccc1)c1ccccc1.Nc1ccc(N)cc1. The van der Waals surface area contributed by atoms with Crippen LogP contribution in [0.2, 0.25) is 0 Å². The van der Waals surface area contributed by atoms with Crippen LogP contribution in [0.3, 0.4) is 0 Å². The standard InChI is InChI=1S/C14H12.C6H8N2/c1-3-7-13(8-4-1)11-12-14-9-5-2-6-10-14;7-5-1-2-6(8)4-3-5/h1-12H;1-4H,7-8H2. The molecule has 0 atom stereocenters. The lowest BCUT2D eigenvalue weighted by Gasteiger charge is -1.92. The summed E-state index contributed by atoms with van der Waals surface area (Å²) in [4.78, 5) is 0. The average molecular weight is 288 g/mol. The molecular formula is C20H20N2. The zero-order chi connectivity index (χ0) is 15.6. The first-order valence-electron chi connectivity index (χ1n) is 7.13. The van der Waals surface area contributed by atoms with E-state index in [4.69, 9.17) is 11.5 Å². The molecule has 0 aliphatic heterocycles. The molecule has 0 aliphatic rings. The van der Waals surface area contributed by atoms with Gasteiger partial charge in [0, 0.05) is 11.4 Å². The van der Waals surface area contributed by atoms with Crippen molar-refractivity contribution in [1.82, 2.24) is 0 Å². The Morgan fingerprint density at radius 1 is 0.455 bits per heavy atom. The fraction of sp³-hybridized carbons (Fsp3) is 0. The molecule has 4 N–H and O–H groups in total. The summed E-state index contributed by atoms with van der Waals surface area (Å²) < 4.78 is 0. The highest BCUT2D eigenvalue weighted by Gasteiger charge is 1.84. The lowest BCUT2D eigenvalue weighted by Crippen LogP contribution is -1.86. The molecule has 0 heterocycles. The first-order valence-corrected chi connectivity index (χ1v) is 7.13. The van der Waals surface area contributed by atoms with Crippen molar-refractivity contribution in [2.45, 2.75) is 0 Å². The van der Waals surface area contributed by atoms with Gasteiger partial charge in [-0.1, -0.05) is 72.8 Å². The van der Waals surface area contributed by atoms with Crippen molar-refractivity contribution in [2.75, 3.05) is 11.5 Å². The molecule has 0 spiro atoms. The third kappa shape index (κ3) is 5.55. The molecule has 0 unspecified atom stereocenters. The van der Waals surface area contributed by atoms with Gasteiger partial charge in [-0.25, -0.2) is 0 Å². The van der Waals surface area contributed by atoms with Crippen molar-refractivity contribution in [3.63, 3.8) is 0 Å². The predicted octanol–water partition coefficient (Wildman–Crippen LogP) is 4.71. The lowest BCUT2D eigenvalue weighted by molar-refractivity contribution is 1.65. The number of hydrogen-bond donors (Lipinski definition) is 2. The maximum absolute atomic E-state index is 5.37. The van der Waals surface area contributed by atoms with Gasteiger partial charge in [-0.15, -0.1) is 0 Å². The molecule has 0 bridgehead atoms. The van der Waals surface area contributed by atoms with Crippen molar-refractivity contribution < 1.29 is 0 Å². The Morgan fingerprint density at radius 3 is 1.09 bits per heavy atom. The number of nitrogen functional groups attached to an aromatic ring is 2. The Kier molecular flexibility index (Phi) is 5.82. The molecule has 3 aromatic rings. The molecule has 3 rings (SSSR count). The van der Waals surface area contributed by atoms with Crippen LogP contribution in [0.1, 0.15) is 11.1 Å². The molecule has 0 radical (unpaired) electrons. The van der Waals surface area contributed by atoms with Crippen molar-refractivity contribution in [3.05, 3.63) is 96.1 Å². The van der Waals surface area contributed by atoms with Gasteiger partial charge in [0.15, 0.2) is 0 Å². The molecule has 22 heavy (non-hydrogen) atoms. The quantitative estimate of drug-likeness (QED) is 0.530. The fourth-order valence-corrected chi connectivity index (χ4v) is 1.82. The summed E-state index contributed by atoms with van der Waals surface area (Å²) >= 11 is 0. The molecular weight excluding hydrogens is 268 g/mol. The van der Waals surface area contributed by atoms with Gasteiger partial charge < -0.3 is 11.5 Å². The van der Waals surface area contributed by atoms with Crippen molar-refractivity contribution in [2.24, 2.45) is 0 Å². The third-order valence-corrected chi connectivity index (χ3v) is 3.00. The van der Waals surface area contributed by atoms with E-state index in [1.165, 1.54) is 11.1 Å². The highest BCUT2D eigenvalue weighted by Crippen LogP contribution is 2.07. The summed E-state index contributed by atoms with van der Waals surface area (Å²) in [6.07, 6.45) is 4.24. The van der Waals surface area contributed by atoms with E-state index in [-0.39, 0.29) is 0 Å². The topological polar surface area (TPSA) is 52.0 Å². The second kappa shape index (κ2) is 8.32. The van der Waals surface area contributed by atoms with E-state index >= 15 is 0 Å². The minimum absolute atomic E-state index is 0.749. The van der Waals surface area contributed by atoms with Crippen LogP contribution in [-0.4, -0.2) is 0 Å². The second-order valence-electron chi connectivity index (χ2n) is 4.82. The number of rotatable bonds is 2. The van der Waals surface area contributed by atoms with Crippen LogP contribution in [-0.2, 0) is 0 Å². The van der Waals surface area contributed by atoms with Crippen LogP contribution >= 0.6 is 0 Å². The monoisotopic (exact) mass is 288 g/mol. The van der Waals surface area contributed by atoms with E-state index in [2.05, 4.69) is 36.4 Å². The summed E-state index contributed by atoms with van der Waals surface area (Å²) in [5, 5.41) is 0. The van der Waals surface area contributed by atoms with Gasteiger partial charge in [0.1, 0.15) is 0 Å². The van der Waals surface area contributed by atoms with Gasteiger partial charge in [-0.2, -0.15) is 0 Å². The molecule has 110 valence electrons. The predicted molar refractivity (Wildman–Crippen MR) is 97.1 cm³/mol. The maximum Gasteiger partial charge on any atom is 0.0315 e. The fourth-order valence-electron chi connectivity index (χ4n) is 1.82. The molecule has 0 fully saturated rings. The number of nitrogens with two attached hydrogens (primary N) is 2. The summed E-state index contributed by atoms with van der Waals surface area (Å²) in [5.41, 5.74) is 14.7. The first-order chi connectivity index (χ1) is 10.7. The third-order valence-electron chi connectivity index (χ3n) is 3.00. The molecule has 0 saturated heterocycles. The summed E-state index contributed by atoms with van der Waals surface area (Å²) in [6, 6.07) is 27.7. The van der Waals surface area contributed by atoms with E-state index in [0.717, 1.165) is 11.4 Å². The van der Waals surface area contributed by atoms with Crippen LogP contribution < -0.4 is 11.5 Å². The van der Waals surface area contributed by atoms with Crippen molar-refractivity contribution in [1.29, 1.82) is 0 Å². The smallest absolute Gasteiger partial charge is 0.0315 e. The highest BCUT2D eigenvalue weighted by molar-refractivity contribution is 5.69. The van der Waals surface area contributed by atoms with Crippen LogP contribution in [0.15, 0.2) is 84.9 Å². The van der Waals surface area contributed by atoms with Gasteiger partial charge in [-0.05, 0) is 35.4 Å². The summed E-state index contributed by atoms with van der Waals surface area (Å²) in [7, 11) is 0. The number of benzene rings is 3. The maximum atomic E-state index is 5.37. The Labute approximate surface area is 131 Å². The van der Waals surface area contributed by atoms with Gasteiger partial charge in [0.05, 0.1) is 0 Å². The van der Waals surface area contributed by atoms with E-state index in [1.54, 1.807) is 24.3 Å². The molecule has 0 saturated carbocycles. The lowest BCUT2D eigenvalue weighted by atomic mass is 10.1. The molecule has 3 aromatic carbocycles. The van der Waals surface area contributed by atoms with Crippen molar-refractivity contribution in [3.8, 4) is 0 Å². The van der Waals surface area contributed by atoms with Crippen molar-refractivity contribution >= 4 is 23.5 Å². The minimum Gasteiger partial charge on any atom is -0.399 e. The zero-order valence-corrected chi connectivity index (χ0v) is 12.4. The molecule has 0 amide bonds. The Morgan fingerprint density at radius 2 is 0.773 bits per heavy atom. The second-order valence-corrected chi connectivity index (χ2v) is 4.82. The van der Waals surface area contributed by atoms with E-state index < -0.39 is 0 Å². The van der Waals surface area contributed by atoms with Gasteiger partial charge >= 0.3 is 0 Å². The minimum atomic E-state index is 0.749. The van der Waals surface area contributed by atoms with E-state index in [9.17, 15) is 0 Å². The van der Waals surface area contributed by atoms with E-state index in [0.29, 0.717) is 0 Å². The summed E-state index contributed by atoms with van der Waals surface area (Å²) in [5.74, 6) is 0. The highest BCUT2D eigenvalue weighted by atomic mass is 14.6. The largest absolute Gasteiger partial charge is 0.399 e. The van der Waals surface area contributed by atoms with Gasteiger partial charge in [0.2, 0.25) is 0 Å². The Balaban J connectivity index is 0.000000188. The number of anilines is 2. The van der Waals surface area contributed by atoms with Gasteiger partial charge in [0.25, 0.3) is 0 Å². The van der Waals surface area contributed by atoms with Crippen LogP contribution in [0.25, 0.3) is 12.2 Å². The Hall–Kier alpha value is -3.00. The first kappa shape index (κ1) is 15.4. The average Bonchev–Trinajstić information content (AvgIpc) is 2.58. The normalized spacial score (nSPS) is 10.0. The summed E-state index contributed by atoms with van der Waals surface area (Å²) in [6.45, 7) is 0. The van der Waals surface area contributed by atoms with Crippen LogP contribution in [0.4, 0.5) is 11.4 Å². The molecule has 0 aromatic heterocycles.